The number of likely N-dealkylation sites (tertiary alicyclic amines) is 1. The summed E-state index contributed by atoms with van der Waals surface area (Å²) in [5.74, 6) is 0.142. The number of hydrogen-bond donors (Lipinski definition) is 0. The van der Waals surface area contributed by atoms with E-state index >= 15 is 0 Å². The van der Waals surface area contributed by atoms with Crippen LogP contribution in [0.25, 0.3) is 0 Å². The van der Waals surface area contributed by atoms with Gasteiger partial charge in [0.05, 0.1) is 5.54 Å². The maximum atomic E-state index is 13.6. The highest BCUT2D eigenvalue weighted by molar-refractivity contribution is 6.03. The van der Waals surface area contributed by atoms with Gasteiger partial charge in [-0.15, -0.1) is 0 Å². The summed E-state index contributed by atoms with van der Waals surface area (Å²) in [5.41, 5.74) is -0.392. The Hall–Kier alpha value is -1.99. The van der Waals surface area contributed by atoms with E-state index in [-0.39, 0.29) is 11.9 Å². The molecule has 2 fully saturated rings. The molecule has 28 heavy (non-hydrogen) atoms. The number of piperazine rings is 1. The number of hydrogen-bond acceptors (Lipinski definition) is 6. The second-order valence-corrected chi connectivity index (χ2v) is 8.85. The predicted molar refractivity (Wildman–Crippen MR) is 107 cm³/mol. The highest BCUT2D eigenvalue weighted by Gasteiger charge is 2.47. The Balaban J connectivity index is 1.79. The first-order valence-electron chi connectivity index (χ1n) is 10.1. The number of ketones is 1. The third-order valence-electron chi connectivity index (χ3n) is 5.72. The fraction of sp³-hybridized carbons (Fsp3) is 0.667. The smallest absolute Gasteiger partial charge is 0.410 e. The first-order valence-corrected chi connectivity index (χ1v) is 10.1. The minimum atomic E-state index is -0.568. The Morgan fingerprint density at radius 1 is 1.00 bits per heavy atom. The number of pyridine rings is 1. The summed E-state index contributed by atoms with van der Waals surface area (Å²) >= 11 is 0. The molecule has 3 heterocycles. The SMILES string of the molecule is CN1CCN(C2(C(=O)c3ccncc3)CCN(C(=O)OC(C)(C)C)CC2)CC1. The van der Waals surface area contributed by atoms with Crippen molar-refractivity contribution in [3.8, 4) is 0 Å². The van der Waals surface area contributed by atoms with E-state index in [1.54, 1.807) is 29.4 Å². The van der Waals surface area contributed by atoms with E-state index in [0.29, 0.717) is 31.5 Å². The average molecular weight is 389 g/mol. The van der Waals surface area contributed by atoms with Crippen molar-refractivity contribution in [3.63, 3.8) is 0 Å². The van der Waals surface area contributed by atoms with Crippen LogP contribution < -0.4 is 0 Å². The third-order valence-corrected chi connectivity index (χ3v) is 5.72. The van der Waals surface area contributed by atoms with E-state index in [1.165, 1.54) is 0 Å². The first kappa shape index (κ1) is 20.7. The number of piperidine rings is 1. The van der Waals surface area contributed by atoms with Crippen LogP contribution in [0, 0.1) is 0 Å². The normalized spacial score (nSPS) is 21.4. The average Bonchev–Trinajstić information content (AvgIpc) is 2.67. The number of carbonyl (C=O) groups excluding carboxylic acids is 2. The monoisotopic (exact) mass is 388 g/mol. The van der Waals surface area contributed by atoms with Crippen LogP contribution in [0.2, 0.25) is 0 Å². The largest absolute Gasteiger partial charge is 0.444 e. The maximum absolute atomic E-state index is 13.6. The number of likely N-dealkylation sites (N-methyl/N-ethyl adjacent to an activating group) is 1. The molecule has 2 aliphatic heterocycles. The molecule has 0 unspecified atom stereocenters. The fourth-order valence-electron chi connectivity index (χ4n) is 4.08. The summed E-state index contributed by atoms with van der Waals surface area (Å²) < 4.78 is 5.52. The lowest BCUT2D eigenvalue weighted by atomic mass is 9.78. The lowest BCUT2D eigenvalue weighted by molar-refractivity contribution is -0.0128. The van der Waals surface area contributed by atoms with Gasteiger partial charge in [-0.3, -0.25) is 14.7 Å². The summed E-state index contributed by atoms with van der Waals surface area (Å²) in [5, 5.41) is 0. The Labute approximate surface area is 167 Å². The Morgan fingerprint density at radius 2 is 1.57 bits per heavy atom. The van der Waals surface area contributed by atoms with E-state index in [4.69, 9.17) is 4.74 Å². The zero-order valence-electron chi connectivity index (χ0n) is 17.5. The molecular weight excluding hydrogens is 356 g/mol. The van der Waals surface area contributed by atoms with Crippen molar-refractivity contribution in [1.29, 1.82) is 0 Å². The quantitative estimate of drug-likeness (QED) is 0.740. The molecule has 3 rings (SSSR count). The van der Waals surface area contributed by atoms with Gasteiger partial charge in [-0.2, -0.15) is 0 Å². The van der Waals surface area contributed by atoms with Crippen LogP contribution in [-0.2, 0) is 4.74 Å². The number of Topliss-reactive ketones (excluding diaryl/α,β-unsaturated/α-hetero) is 1. The molecule has 0 atom stereocenters. The van der Waals surface area contributed by atoms with Crippen molar-refractivity contribution in [3.05, 3.63) is 30.1 Å². The molecule has 0 saturated carbocycles. The lowest BCUT2D eigenvalue weighted by Crippen LogP contribution is -2.64. The predicted octanol–water partition coefficient (Wildman–Crippen LogP) is 2.28. The molecular formula is C21H32N4O3. The molecule has 1 aromatic heterocycles. The van der Waals surface area contributed by atoms with Crippen LogP contribution in [0.1, 0.15) is 44.0 Å². The van der Waals surface area contributed by atoms with Gasteiger partial charge in [0.1, 0.15) is 5.60 Å². The number of nitrogens with zero attached hydrogens (tertiary/aromatic N) is 4. The van der Waals surface area contributed by atoms with Crippen LogP contribution >= 0.6 is 0 Å². The zero-order chi connectivity index (χ0) is 20.4. The van der Waals surface area contributed by atoms with E-state index in [2.05, 4.69) is 21.8 Å². The van der Waals surface area contributed by atoms with E-state index in [9.17, 15) is 9.59 Å². The van der Waals surface area contributed by atoms with Crippen LogP contribution in [0.15, 0.2) is 24.5 Å². The second kappa shape index (κ2) is 8.17. The standard InChI is InChI=1S/C21H32N4O3/c1-20(2,3)28-19(27)24-11-7-21(8-12-24,25-15-13-23(4)14-16-25)18(26)17-5-9-22-10-6-17/h5-6,9-10H,7-8,11-16H2,1-4H3. The van der Waals surface area contributed by atoms with Gasteiger partial charge in [-0.05, 0) is 52.8 Å². The second-order valence-electron chi connectivity index (χ2n) is 8.85. The Morgan fingerprint density at radius 3 is 2.11 bits per heavy atom. The summed E-state index contributed by atoms with van der Waals surface area (Å²) in [6.07, 6.45) is 4.28. The molecule has 0 aromatic carbocycles. The van der Waals surface area contributed by atoms with Gasteiger partial charge in [-0.25, -0.2) is 4.79 Å². The van der Waals surface area contributed by atoms with Crippen LogP contribution in [0.3, 0.4) is 0 Å². The molecule has 1 aromatic rings. The van der Waals surface area contributed by atoms with Crippen LogP contribution in [0.5, 0.6) is 0 Å². The van der Waals surface area contributed by atoms with Gasteiger partial charge in [0.2, 0.25) is 0 Å². The van der Waals surface area contributed by atoms with Crippen molar-refractivity contribution in [2.24, 2.45) is 0 Å². The molecule has 0 radical (unpaired) electrons. The van der Waals surface area contributed by atoms with E-state index in [1.807, 2.05) is 20.8 Å². The number of aromatic nitrogens is 1. The summed E-state index contributed by atoms with van der Waals surface area (Å²) in [6, 6.07) is 3.58. The number of rotatable bonds is 3. The van der Waals surface area contributed by atoms with Gasteiger partial charge < -0.3 is 14.5 Å². The molecule has 0 N–H and O–H groups in total. The highest BCUT2D eigenvalue weighted by atomic mass is 16.6. The van der Waals surface area contributed by atoms with Crippen LogP contribution in [0.4, 0.5) is 4.79 Å². The third kappa shape index (κ3) is 4.52. The maximum Gasteiger partial charge on any atom is 0.410 e. The van der Waals surface area contributed by atoms with Gasteiger partial charge in [0.25, 0.3) is 0 Å². The fourth-order valence-corrected chi connectivity index (χ4v) is 4.08. The van der Waals surface area contributed by atoms with E-state index < -0.39 is 11.1 Å². The molecule has 0 aliphatic carbocycles. The summed E-state index contributed by atoms with van der Waals surface area (Å²) in [6.45, 7) is 10.3. The highest BCUT2D eigenvalue weighted by Crippen LogP contribution is 2.34. The van der Waals surface area contributed by atoms with E-state index in [0.717, 1.165) is 26.2 Å². The van der Waals surface area contributed by atoms with Crippen molar-refractivity contribution in [2.75, 3.05) is 46.3 Å². The molecule has 1 amide bonds. The molecule has 7 heteroatoms. The number of amides is 1. The zero-order valence-corrected chi connectivity index (χ0v) is 17.5. The lowest BCUT2D eigenvalue weighted by Gasteiger charge is -2.50. The van der Waals surface area contributed by atoms with Crippen LogP contribution in [-0.4, -0.2) is 89.0 Å². The minimum absolute atomic E-state index is 0.142. The minimum Gasteiger partial charge on any atom is -0.444 e. The molecule has 2 aliphatic rings. The molecule has 0 bridgehead atoms. The van der Waals surface area contributed by atoms with Gasteiger partial charge in [-0.1, -0.05) is 0 Å². The van der Waals surface area contributed by atoms with Gasteiger partial charge in [0, 0.05) is 57.2 Å². The van der Waals surface area contributed by atoms with Crippen molar-refractivity contribution < 1.29 is 14.3 Å². The summed E-state index contributed by atoms with van der Waals surface area (Å²) in [7, 11) is 2.11. The molecule has 154 valence electrons. The molecule has 2 saturated heterocycles. The van der Waals surface area contributed by atoms with Crippen molar-refractivity contribution >= 4 is 11.9 Å². The van der Waals surface area contributed by atoms with Gasteiger partial charge in [0.15, 0.2) is 5.78 Å². The Kier molecular flexibility index (Phi) is 6.05. The first-order chi connectivity index (χ1) is 13.2. The van der Waals surface area contributed by atoms with Crippen molar-refractivity contribution in [1.82, 2.24) is 19.7 Å². The Bertz CT molecular complexity index is 685. The van der Waals surface area contributed by atoms with Crippen molar-refractivity contribution in [2.45, 2.75) is 44.8 Å². The molecule has 7 nitrogen and oxygen atoms in total. The number of carbonyl (C=O) groups is 2. The molecule has 0 spiro atoms. The van der Waals surface area contributed by atoms with Gasteiger partial charge >= 0.3 is 6.09 Å². The number of ether oxygens (including phenoxy) is 1. The summed E-state index contributed by atoms with van der Waals surface area (Å²) in [4.78, 5) is 36.5. The topological polar surface area (TPSA) is 66.0 Å².